The molecule has 2 aromatic carbocycles. The molecule has 5 nitrogen and oxygen atoms in total. The third-order valence-corrected chi connectivity index (χ3v) is 5.60. The summed E-state index contributed by atoms with van der Waals surface area (Å²) in [4.78, 5) is 17.3. The van der Waals surface area contributed by atoms with Gasteiger partial charge in [-0.3, -0.25) is 4.79 Å². The van der Waals surface area contributed by atoms with Gasteiger partial charge < -0.3 is 19.3 Å². The standard InChI is InChI=1S/C23H30N2O3/c1-24(14-11-18-7-5-4-6-8-18)20-12-15-25(16-13-20)23(26)19-9-10-21(27-2)22(17-19)28-3/h4-10,17,20H,11-16H2,1-3H3. The van der Waals surface area contributed by atoms with E-state index in [9.17, 15) is 4.79 Å². The molecule has 28 heavy (non-hydrogen) atoms. The Balaban J connectivity index is 1.52. The molecule has 0 aliphatic carbocycles. The van der Waals surface area contributed by atoms with Gasteiger partial charge in [0, 0.05) is 31.2 Å². The van der Waals surface area contributed by atoms with Crippen molar-refractivity contribution >= 4 is 5.91 Å². The molecular formula is C23H30N2O3. The van der Waals surface area contributed by atoms with E-state index < -0.39 is 0 Å². The first-order valence-corrected chi connectivity index (χ1v) is 9.88. The fourth-order valence-corrected chi connectivity index (χ4v) is 3.79. The van der Waals surface area contributed by atoms with Crippen molar-refractivity contribution in [2.24, 2.45) is 0 Å². The van der Waals surface area contributed by atoms with Crippen LogP contribution in [0.15, 0.2) is 48.5 Å². The normalized spacial score (nSPS) is 14.9. The highest BCUT2D eigenvalue weighted by Gasteiger charge is 2.26. The number of carbonyl (C=O) groups excluding carboxylic acids is 1. The number of nitrogens with zero attached hydrogens (tertiary/aromatic N) is 2. The number of ether oxygens (including phenoxy) is 2. The largest absolute Gasteiger partial charge is 0.493 e. The zero-order valence-corrected chi connectivity index (χ0v) is 17.1. The van der Waals surface area contributed by atoms with Crippen molar-refractivity contribution in [1.29, 1.82) is 0 Å². The number of amides is 1. The lowest BCUT2D eigenvalue weighted by Gasteiger charge is -2.37. The number of methoxy groups -OCH3 is 2. The summed E-state index contributed by atoms with van der Waals surface area (Å²) in [5.41, 5.74) is 2.02. The highest BCUT2D eigenvalue weighted by atomic mass is 16.5. The van der Waals surface area contributed by atoms with Crippen LogP contribution in [-0.2, 0) is 6.42 Å². The van der Waals surface area contributed by atoms with Crippen molar-refractivity contribution in [3.8, 4) is 11.5 Å². The maximum absolute atomic E-state index is 12.9. The molecule has 1 saturated heterocycles. The first kappa shape index (κ1) is 20.2. The highest BCUT2D eigenvalue weighted by molar-refractivity contribution is 5.95. The van der Waals surface area contributed by atoms with E-state index in [0.29, 0.717) is 23.1 Å². The summed E-state index contributed by atoms with van der Waals surface area (Å²) < 4.78 is 10.6. The van der Waals surface area contributed by atoms with Crippen LogP contribution in [0.4, 0.5) is 0 Å². The van der Waals surface area contributed by atoms with Gasteiger partial charge in [-0.05, 0) is 50.1 Å². The van der Waals surface area contributed by atoms with Crippen molar-refractivity contribution in [3.63, 3.8) is 0 Å². The van der Waals surface area contributed by atoms with Crippen LogP contribution in [0.1, 0.15) is 28.8 Å². The number of likely N-dealkylation sites (N-methyl/N-ethyl adjacent to an activating group) is 1. The summed E-state index contributed by atoms with van der Waals surface area (Å²) >= 11 is 0. The zero-order chi connectivity index (χ0) is 19.9. The lowest BCUT2D eigenvalue weighted by molar-refractivity contribution is 0.0646. The molecule has 0 atom stereocenters. The molecule has 1 heterocycles. The van der Waals surface area contributed by atoms with Crippen molar-refractivity contribution in [2.45, 2.75) is 25.3 Å². The van der Waals surface area contributed by atoms with Gasteiger partial charge in [-0.1, -0.05) is 30.3 Å². The second-order valence-electron chi connectivity index (χ2n) is 7.31. The van der Waals surface area contributed by atoms with Gasteiger partial charge in [0.15, 0.2) is 11.5 Å². The maximum atomic E-state index is 12.9. The molecule has 0 saturated carbocycles. The molecule has 0 spiro atoms. The summed E-state index contributed by atoms with van der Waals surface area (Å²) in [5, 5.41) is 0. The quantitative estimate of drug-likeness (QED) is 0.735. The molecule has 0 unspecified atom stereocenters. The molecule has 0 radical (unpaired) electrons. The Bertz CT molecular complexity index is 771. The highest BCUT2D eigenvalue weighted by Crippen LogP contribution is 2.28. The maximum Gasteiger partial charge on any atom is 0.253 e. The number of hydrogen-bond acceptors (Lipinski definition) is 4. The predicted octanol–water partition coefficient (Wildman–Crippen LogP) is 3.48. The molecule has 2 aromatic rings. The number of piperidine rings is 1. The van der Waals surface area contributed by atoms with Gasteiger partial charge in [0.25, 0.3) is 5.91 Å². The van der Waals surface area contributed by atoms with Crippen LogP contribution in [0.5, 0.6) is 11.5 Å². The van der Waals surface area contributed by atoms with Crippen molar-refractivity contribution < 1.29 is 14.3 Å². The summed E-state index contributed by atoms with van der Waals surface area (Å²) in [5.74, 6) is 1.29. The fourth-order valence-electron chi connectivity index (χ4n) is 3.79. The molecule has 0 aromatic heterocycles. The molecule has 150 valence electrons. The molecule has 0 N–H and O–H groups in total. The van der Waals surface area contributed by atoms with Crippen LogP contribution in [0.3, 0.4) is 0 Å². The van der Waals surface area contributed by atoms with E-state index in [1.807, 2.05) is 11.0 Å². The third kappa shape index (κ3) is 4.84. The van der Waals surface area contributed by atoms with Gasteiger partial charge in [0.1, 0.15) is 0 Å². The molecule has 3 rings (SSSR count). The van der Waals surface area contributed by atoms with Crippen LogP contribution in [-0.4, -0.2) is 62.7 Å². The molecule has 1 aliphatic rings. The smallest absolute Gasteiger partial charge is 0.253 e. The van der Waals surface area contributed by atoms with Crippen molar-refractivity contribution in [3.05, 3.63) is 59.7 Å². The Kier molecular flexibility index (Phi) is 6.93. The van der Waals surface area contributed by atoms with Crippen LogP contribution in [0, 0.1) is 0 Å². The Morgan fingerprint density at radius 1 is 1.04 bits per heavy atom. The minimum Gasteiger partial charge on any atom is -0.493 e. The topological polar surface area (TPSA) is 42.0 Å². The first-order chi connectivity index (χ1) is 13.6. The monoisotopic (exact) mass is 382 g/mol. The summed E-state index contributed by atoms with van der Waals surface area (Å²) in [6.07, 6.45) is 3.07. The lowest BCUT2D eigenvalue weighted by Crippen LogP contribution is -2.46. The summed E-state index contributed by atoms with van der Waals surface area (Å²) in [6.45, 7) is 2.61. The lowest BCUT2D eigenvalue weighted by atomic mass is 10.0. The van der Waals surface area contributed by atoms with E-state index in [-0.39, 0.29) is 5.91 Å². The van der Waals surface area contributed by atoms with Gasteiger partial charge >= 0.3 is 0 Å². The molecule has 1 fully saturated rings. The Morgan fingerprint density at radius 3 is 2.36 bits per heavy atom. The van der Waals surface area contributed by atoms with Gasteiger partial charge in [0.2, 0.25) is 0 Å². The number of hydrogen-bond donors (Lipinski definition) is 0. The fraction of sp³-hybridized carbons (Fsp3) is 0.435. The minimum absolute atomic E-state index is 0.0614. The van der Waals surface area contributed by atoms with E-state index in [0.717, 1.165) is 38.9 Å². The number of rotatable bonds is 7. The van der Waals surface area contributed by atoms with Crippen LogP contribution in [0.25, 0.3) is 0 Å². The second kappa shape index (κ2) is 9.60. The third-order valence-electron chi connectivity index (χ3n) is 5.60. The minimum atomic E-state index is 0.0614. The van der Waals surface area contributed by atoms with E-state index in [4.69, 9.17) is 9.47 Å². The molecule has 0 bridgehead atoms. The predicted molar refractivity (Wildman–Crippen MR) is 111 cm³/mol. The van der Waals surface area contributed by atoms with Gasteiger partial charge in [-0.2, -0.15) is 0 Å². The van der Waals surface area contributed by atoms with Gasteiger partial charge in [-0.15, -0.1) is 0 Å². The number of benzene rings is 2. The van der Waals surface area contributed by atoms with Gasteiger partial charge in [-0.25, -0.2) is 0 Å². The zero-order valence-electron chi connectivity index (χ0n) is 17.1. The van der Waals surface area contributed by atoms with Crippen LogP contribution in [0.2, 0.25) is 0 Å². The van der Waals surface area contributed by atoms with Gasteiger partial charge in [0.05, 0.1) is 14.2 Å². The van der Waals surface area contributed by atoms with Crippen molar-refractivity contribution in [2.75, 3.05) is 40.9 Å². The Morgan fingerprint density at radius 2 is 1.71 bits per heavy atom. The van der Waals surface area contributed by atoms with E-state index >= 15 is 0 Å². The van der Waals surface area contributed by atoms with E-state index in [1.165, 1.54) is 5.56 Å². The van der Waals surface area contributed by atoms with Crippen LogP contribution >= 0.6 is 0 Å². The summed E-state index contributed by atoms with van der Waals surface area (Å²) in [7, 11) is 5.38. The average molecular weight is 383 g/mol. The molecular weight excluding hydrogens is 352 g/mol. The molecule has 1 amide bonds. The Labute approximate surface area is 167 Å². The van der Waals surface area contributed by atoms with E-state index in [2.05, 4.69) is 42.3 Å². The average Bonchev–Trinajstić information content (AvgIpc) is 2.77. The number of likely N-dealkylation sites (tertiary alicyclic amines) is 1. The van der Waals surface area contributed by atoms with Crippen molar-refractivity contribution in [1.82, 2.24) is 9.80 Å². The number of carbonyl (C=O) groups is 1. The van der Waals surface area contributed by atoms with Crippen LogP contribution < -0.4 is 9.47 Å². The van der Waals surface area contributed by atoms with E-state index in [1.54, 1.807) is 26.4 Å². The molecule has 1 aliphatic heterocycles. The first-order valence-electron chi connectivity index (χ1n) is 9.88. The Hall–Kier alpha value is -2.53. The summed E-state index contributed by atoms with van der Waals surface area (Å²) in [6, 6.07) is 16.5. The SMILES string of the molecule is COc1ccc(C(=O)N2CCC(N(C)CCc3ccccc3)CC2)cc1OC. The molecule has 5 heteroatoms. The second-order valence-corrected chi connectivity index (χ2v) is 7.31.